The van der Waals surface area contributed by atoms with Crippen LogP contribution in [0.1, 0.15) is 21.9 Å². The zero-order chi connectivity index (χ0) is 18.5. The van der Waals surface area contributed by atoms with Gasteiger partial charge in [0.1, 0.15) is 17.2 Å². The van der Waals surface area contributed by atoms with Crippen LogP contribution in [0.3, 0.4) is 0 Å². The van der Waals surface area contributed by atoms with E-state index in [-0.39, 0.29) is 17.2 Å². The molecule has 1 aromatic carbocycles. The van der Waals surface area contributed by atoms with Crippen molar-refractivity contribution < 1.29 is 14.7 Å². The third-order valence-electron chi connectivity index (χ3n) is 3.30. The van der Waals surface area contributed by atoms with Crippen molar-refractivity contribution in [3.63, 3.8) is 0 Å². The molecule has 130 valence electrons. The van der Waals surface area contributed by atoms with E-state index in [1.165, 1.54) is 22.9 Å². The maximum atomic E-state index is 12.6. The fraction of sp³-hybridized carbons (Fsp3) is 0.0625. The van der Waals surface area contributed by atoms with Crippen LogP contribution in [0.4, 0.5) is 10.6 Å². The van der Waals surface area contributed by atoms with Gasteiger partial charge in [0.25, 0.3) is 5.91 Å². The topological polar surface area (TPSA) is 135 Å². The number of aliphatic imine (C=N–C) groups is 1. The molecule has 0 fully saturated rings. The quantitative estimate of drug-likeness (QED) is 0.678. The Balaban J connectivity index is 2.02. The molecular formula is C16H13N7O3. The summed E-state index contributed by atoms with van der Waals surface area (Å²) in [6.45, 7) is 0. The van der Waals surface area contributed by atoms with E-state index in [0.29, 0.717) is 11.4 Å². The average molecular weight is 351 g/mol. The molecule has 0 radical (unpaired) electrons. The molecule has 10 nitrogen and oxygen atoms in total. The molecule has 0 spiro atoms. The molecule has 0 saturated carbocycles. The van der Waals surface area contributed by atoms with Gasteiger partial charge in [-0.05, 0) is 22.6 Å². The minimum Gasteiger partial charge on any atom is -0.465 e. The SMILES string of the molecule is Cn1nnnc1C(=NC(=O)c1cccc(NC(=O)O)n1)c1ccccc1. The van der Waals surface area contributed by atoms with Crippen molar-refractivity contribution in [1.82, 2.24) is 25.2 Å². The molecule has 0 bridgehead atoms. The second kappa shape index (κ2) is 7.30. The fourth-order valence-corrected chi connectivity index (χ4v) is 2.16. The molecule has 2 amide bonds. The van der Waals surface area contributed by atoms with Gasteiger partial charge in [-0.1, -0.05) is 36.4 Å². The number of aromatic nitrogens is 5. The number of tetrazole rings is 1. The van der Waals surface area contributed by atoms with E-state index in [9.17, 15) is 9.59 Å². The molecular weight excluding hydrogens is 338 g/mol. The zero-order valence-electron chi connectivity index (χ0n) is 13.6. The molecule has 3 rings (SSSR count). The number of benzene rings is 1. The number of hydrogen-bond acceptors (Lipinski definition) is 6. The van der Waals surface area contributed by atoms with E-state index in [4.69, 9.17) is 5.11 Å². The highest BCUT2D eigenvalue weighted by molar-refractivity contribution is 6.16. The fourth-order valence-electron chi connectivity index (χ4n) is 2.16. The van der Waals surface area contributed by atoms with Crippen LogP contribution in [0.25, 0.3) is 0 Å². The maximum Gasteiger partial charge on any atom is 0.410 e. The smallest absolute Gasteiger partial charge is 0.410 e. The molecule has 26 heavy (non-hydrogen) atoms. The molecule has 0 aliphatic carbocycles. The summed E-state index contributed by atoms with van der Waals surface area (Å²) >= 11 is 0. The Bertz CT molecular complexity index is 982. The van der Waals surface area contributed by atoms with Crippen LogP contribution in [0.5, 0.6) is 0 Å². The second-order valence-electron chi connectivity index (χ2n) is 5.10. The summed E-state index contributed by atoms with van der Waals surface area (Å²) in [5, 5.41) is 22.1. The van der Waals surface area contributed by atoms with E-state index in [2.05, 4.69) is 30.8 Å². The van der Waals surface area contributed by atoms with Crippen molar-refractivity contribution in [1.29, 1.82) is 0 Å². The number of carboxylic acid groups (broad SMARTS) is 1. The molecule has 10 heteroatoms. The number of carbonyl (C=O) groups excluding carboxylic acids is 1. The van der Waals surface area contributed by atoms with Crippen LogP contribution in [0, 0.1) is 0 Å². The summed E-state index contributed by atoms with van der Waals surface area (Å²) in [6, 6.07) is 13.4. The number of nitrogens with one attached hydrogen (secondary N) is 1. The summed E-state index contributed by atoms with van der Waals surface area (Å²) < 4.78 is 1.40. The molecule has 2 aromatic heterocycles. The van der Waals surface area contributed by atoms with Crippen LogP contribution in [0.2, 0.25) is 0 Å². The lowest BCUT2D eigenvalue weighted by Crippen LogP contribution is -2.15. The van der Waals surface area contributed by atoms with Gasteiger partial charge >= 0.3 is 6.09 Å². The number of aryl methyl sites for hydroxylation is 1. The molecule has 0 unspecified atom stereocenters. The molecule has 0 saturated heterocycles. The average Bonchev–Trinajstić information content (AvgIpc) is 3.05. The summed E-state index contributed by atoms with van der Waals surface area (Å²) in [7, 11) is 1.63. The first-order valence-corrected chi connectivity index (χ1v) is 7.43. The number of anilines is 1. The molecule has 3 aromatic rings. The van der Waals surface area contributed by atoms with Crippen LogP contribution in [0.15, 0.2) is 53.5 Å². The number of pyridine rings is 1. The van der Waals surface area contributed by atoms with Gasteiger partial charge in [0.2, 0.25) is 5.82 Å². The first kappa shape index (κ1) is 16.9. The number of nitrogens with zero attached hydrogens (tertiary/aromatic N) is 6. The van der Waals surface area contributed by atoms with Gasteiger partial charge in [0.05, 0.1) is 0 Å². The van der Waals surface area contributed by atoms with Gasteiger partial charge in [0, 0.05) is 12.6 Å². The van der Waals surface area contributed by atoms with Gasteiger partial charge in [-0.3, -0.25) is 10.1 Å². The van der Waals surface area contributed by atoms with Gasteiger partial charge < -0.3 is 5.11 Å². The number of rotatable bonds is 4. The van der Waals surface area contributed by atoms with Crippen molar-refractivity contribution in [3.8, 4) is 0 Å². The van der Waals surface area contributed by atoms with Crippen LogP contribution in [-0.2, 0) is 7.05 Å². The molecule has 0 aliphatic rings. The molecule has 2 N–H and O–H groups in total. The maximum absolute atomic E-state index is 12.6. The van der Waals surface area contributed by atoms with E-state index in [0.717, 1.165) is 0 Å². The number of carbonyl (C=O) groups is 2. The molecule has 2 heterocycles. The van der Waals surface area contributed by atoms with Gasteiger partial charge in [0.15, 0.2) is 0 Å². The predicted molar refractivity (Wildman–Crippen MR) is 91.1 cm³/mol. The summed E-state index contributed by atoms with van der Waals surface area (Å²) in [5.74, 6) is -0.314. The Morgan fingerprint density at radius 3 is 2.54 bits per heavy atom. The van der Waals surface area contributed by atoms with Crippen molar-refractivity contribution in [3.05, 3.63) is 65.6 Å². The Morgan fingerprint density at radius 1 is 1.12 bits per heavy atom. The highest BCUT2D eigenvalue weighted by Crippen LogP contribution is 2.11. The lowest BCUT2D eigenvalue weighted by Gasteiger charge is -2.05. The van der Waals surface area contributed by atoms with Crippen LogP contribution < -0.4 is 5.32 Å². The Hall–Kier alpha value is -3.95. The lowest BCUT2D eigenvalue weighted by atomic mass is 10.1. The van der Waals surface area contributed by atoms with Gasteiger partial charge in [-0.25, -0.2) is 19.5 Å². The third-order valence-corrected chi connectivity index (χ3v) is 3.30. The standard InChI is InChI=1S/C16H13N7O3/c1-23-14(20-21-22-23)13(10-6-3-2-4-7-10)19-15(24)11-8-5-9-12(17-11)18-16(25)26/h2-9H,1H3,(H,17,18)(H,25,26). The zero-order valence-corrected chi connectivity index (χ0v) is 13.6. The molecule has 0 aliphatic heterocycles. The second-order valence-corrected chi connectivity index (χ2v) is 5.10. The van der Waals surface area contributed by atoms with Crippen molar-refractivity contribution in [2.45, 2.75) is 0 Å². The van der Waals surface area contributed by atoms with Gasteiger partial charge in [-0.15, -0.1) is 5.10 Å². The van der Waals surface area contributed by atoms with Crippen molar-refractivity contribution in [2.24, 2.45) is 12.0 Å². The van der Waals surface area contributed by atoms with Crippen molar-refractivity contribution in [2.75, 3.05) is 5.32 Å². The minimum atomic E-state index is -1.28. The highest BCUT2D eigenvalue weighted by Gasteiger charge is 2.17. The Labute approximate surface area is 147 Å². The first-order chi connectivity index (χ1) is 12.5. The number of amides is 2. The number of hydrogen-bond donors (Lipinski definition) is 2. The summed E-state index contributed by atoms with van der Waals surface area (Å²) in [6.07, 6.45) is -1.28. The highest BCUT2D eigenvalue weighted by atomic mass is 16.4. The summed E-state index contributed by atoms with van der Waals surface area (Å²) in [5.41, 5.74) is 0.917. The monoisotopic (exact) mass is 351 g/mol. The minimum absolute atomic E-state index is 0.0141. The van der Waals surface area contributed by atoms with Crippen LogP contribution >= 0.6 is 0 Å². The normalized spacial score (nSPS) is 11.2. The Kier molecular flexibility index (Phi) is 4.74. The summed E-state index contributed by atoms with van der Waals surface area (Å²) in [4.78, 5) is 31.4. The first-order valence-electron chi connectivity index (χ1n) is 7.43. The largest absolute Gasteiger partial charge is 0.465 e. The van der Waals surface area contributed by atoms with Crippen LogP contribution in [-0.4, -0.2) is 48.0 Å². The van der Waals surface area contributed by atoms with Crippen molar-refractivity contribution >= 4 is 23.5 Å². The van der Waals surface area contributed by atoms with E-state index < -0.39 is 12.0 Å². The predicted octanol–water partition coefficient (Wildman–Crippen LogP) is 1.37. The molecule has 0 atom stereocenters. The van der Waals surface area contributed by atoms with E-state index in [1.807, 2.05) is 6.07 Å². The Morgan fingerprint density at radius 2 is 1.88 bits per heavy atom. The van der Waals surface area contributed by atoms with Gasteiger partial charge in [-0.2, -0.15) is 0 Å². The third kappa shape index (κ3) is 3.75. The van der Waals surface area contributed by atoms with E-state index in [1.54, 1.807) is 31.3 Å². The van der Waals surface area contributed by atoms with E-state index >= 15 is 0 Å². The lowest BCUT2D eigenvalue weighted by molar-refractivity contribution is 0.0998.